The van der Waals surface area contributed by atoms with Crippen LogP contribution < -0.4 is 4.72 Å². The lowest BCUT2D eigenvalue weighted by Gasteiger charge is -2.16. The van der Waals surface area contributed by atoms with E-state index in [-0.39, 0.29) is 17.1 Å². The van der Waals surface area contributed by atoms with E-state index in [2.05, 4.69) is 16.6 Å². The monoisotopic (exact) mass is 506 g/mol. The maximum Gasteiger partial charge on any atom is 0.358 e. The van der Waals surface area contributed by atoms with Crippen LogP contribution in [0.25, 0.3) is 0 Å². The van der Waals surface area contributed by atoms with Gasteiger partial charge in [-0.15, -0.1) is 0 Å². The topological polar surface area (TPSA) is 137 Å². The molecule has 0 bridgehead atoms. The molecule has 10 heteroatoms. The molecule has 0 aliphatic heterocycles. The van der Waals surface area contributed by atoms with Crippen molar-refractivity contribution in [2.45, 2.75) is 109 Å². The molecule has 1 rings (SSSR count). The zero-order chi connectivity index (χ0) is 24.6. The highest BCUT2D eigenvalue weighted by Crippen LogP contribution is 2.51. The van der Waals surface area contributed by atoms with E-state index in [1.165, 1.54) is 89.0 Å². The molecule has 0 radical (unpaired) electrons. The van der Waals surface area contributed by atoms with Gasteiger partial charge in [0.05, 0.1) is 5.75 Å². The van der Waals surface area contributed by atoms with Gasteiger partial charge in [-0.2, -0.15) is 0 Å². The first-order valence-corrected chi connectivity index (χ1v) is 15.7. The van der Waals surface area contributed by atoms with Crippen molar-refractivity contribution in [1.29, 1.82) is 0 Å². The zero-order valence-electron chi connectivity index (χ0n) is 20.0. The van der Waals surface area contributed by atoms with Crippen LogP contribution in [0.4, 0.5) is 5.82 Å². The molecule has 192 valence electrons. The third kappa shape index (κ3) is 14.1. The number of anilines is 1. The number of nitrogens with zero attached hydrogens (tertiary/aromatic N) is 1. The molecule has 1 unspecified atom stereocenters. The lowest BCUT2D eigenvalue weighted by Crippen LogP contribution is -2.19. The first-order valence-electron chi connectivity index (χ1n) is 12.4. The molecule has 0 aliphatic carbocycles. The summed E-state index contributed by atoms with van der Waals surface area (Å²) in [5.74, 6) is -2.49. The van der Waals surface area contributed by atoms with Gasteiger partial charge >= 0.3 is 7.60 Å². The quantitative estimate of drug-likeness (QED) is 0.128. The van der Waals surface area contributed by atoms with Gasteiger partial charge in [-0.1, -0.05) is 103 Å². The highest BCUT2D eigenvalue weighted by atomic mass is 32.2. The number of pyridine rings is 1. The van der Waals surface area contributed by atoms with Crippen LogP contribution in [0.5, 0.6) is 0 Å². The van der Waals surface area contributed by atoms with Crippen molar-refractivity contribution in [3.8, 4) is 0 Å². The number of unbranched alkanes of at least 4 members (excludes halogenated alkanes) is 14. The molecule has 0 fully saturated rings. The van der Waals surface area contributed by atoms with Crippen LogP contribution >= 0.6 is 7.60 Å². The number of aromatic nitrogens is 1. The number of hydrogen-bond acceptors (Lipinski definition) is 5. The summed E-state index contributed by atoms with van der Waals surface area (Å²) in [5.41, 5.74) is -0.245. The fourth-order valence-electron chi connectivity index (χ4n) is 3.75. The Morgan fingerprint density at radius 3 is 1.79 bits per heavy atom. The molecule has 8 nitrogen and oxygen atoms in total. The van der Waals surface area contributed by atoms with Gasteiger partial charge in [0.1, 0.15) is 5.82 Å². The average molecular weight is 507 g/mol. The second-order valence-corrected chi connectivity index (χ2v) is 12.3. The van der Waals surface area contributed by atoms with Gasteiger partial charge < -0.3 is 14.9 Å². The molecule has 1 aromatic rings. The minimum Gasteiger partial charge on any atom is -0.376 e. The molecule has 4 N–H and O–H groups in total. The van der Waals surface area contributed by atoms with Gasteiger partial charge in [0, 0.05) is 11.8 Å². The number of hydrogen-bond donors (Lipinski definition) is 4. The third-order valence-corrected chi connectivity index (χ3v) is 7.95. The summed E-state index contributed by atoms with van der Waals surface area (Å²) >= 11 is 0. The van der Waals surface area contributed by atoms with Gasteiger partial charge in [0.25, 0.3) is 0 Å². The summed E-state index contributed by atoms with van der Waals surface area (Å²) in [6, 6.07) is 2.61. The maximum absolute atomic E-state index is 12.3. The molecular formula is C23H43N2O6PS. The van der Waals surface area contributed by atoms with E-state index in [0.717, 1.165) is 19.3 Å². The SMILES string of the molecule is CCCCCCCCCCCCCCCCCS(=O)(=O)Nc1ncccc1C(O)P(=O)(O)O. The van der Waals surface area contributed by atoms with E-state index in [1.807, 2.05) is 0 Å². The van der Waals surface area contributed by atoms with Crippen molar-refractivity contribution in [2.24, 2.45) is 0 Å². The third-order valence-electron chi connectivity index (χ3n) is 5.70. The highest BCUT2D eigenvalue weighted by molar-refractivity contribution is 7.92. The first-order chi connectivity index (χ1) is 15.7. The van der Waals surface area contributed by atoms with Gasteiger partial charge in [-0.25, -0.2) is 13.4 Å². The number of rotatable bonds is 20. The van der Waals surface area contributed by atoms with E-state index < -0.39 is 23.5 Å². The highest BCUT2D eigenvalue weighted by Gasteiger charge is 2.31. The number of nitrogens with one attached hydrogen (secondary N) is 1. The molecule has 0 saturated carbocycles. The lowest BCUT2D eigenvalue weighted by atomic mass is 10.0. The van der Waals surface area contributed by atoms with E-state index in [9.17, 15) is 27.9 Å². The van der Waals surface area contributed by atoms with Crippen LogP contribution in [0.1, 0.15) is 115 Å². The van der Waals surface area contributed by atoms with E-state index in [1.54, 1.807) is 0 Å². The van der Waals surface area contributed by atoms with E-state index >= 15 is 0 Å². The maximum atomic E-state index is 12.3. The summed E-state index contributed by atoms with van der Waals surface area (Å²) in [7, 11) is -8.57. The number of sulfonamides is 1. The summed E-state index contributed by atoms with van der Waals surface area (Å²) < 4.78 is 38.2. The molecule has 1 heterocycles. The van der Waals surface area contributed by atoms with Crippen molar-refractivity contribution >= 4 is 23.4 Å². The summed E-state index contributed by atoms with van der Waals surface area (Å²) in [5, 5.41) is 9.81. The van der Waals surface area contributed by atoms with Crippen molar-refractivity contribution < 1.29 is 27.9 Å². The van der Waals surface area contributed by atoms with E-state index in [0.29, 0.717) is 6.42 Å². The number of aliphatic hydroxyl groups excluding tert-OH is 1. The van der Waals surface area contributed by atoms with Crippen LogP contribution in [0, 0.1) is 0 Å². The second kappa shape index (κ2) is 16.6. The molecule has 1 aromatic heterocycles. The van der Waals surface area contributed by atoms with Crippen molar-refractivity contribution in [1.82, 2.24) is 4.98 Å². The Morgan fingerprint density at radius 1 is 0.879 bits per heavy atom. The standard InChI is InChI=1S/C23H43N2O6PS/c1-2-3-4-5-6-7-8-9-10-11-12-13-14-15-16-20-33(30,31)25-22-21(18-17-19-24-22)23(26)32(27,28)29/h17-19,23,26H,2-16,20H2,1H3,(H,24,25)(H2,27,28,29). The Labute approximate surface area is 199 Å². The summed E-state index contributed by atoms with van der Waals surface area (Å²) in [4.78, 5) is 22.2. The molecular weight excluding hydrogens is 463 g/mol. The predicted molar refractivity (Wildman–Crippen MR) is 134 cm³/mol. The Kier molecular flexibility index (Phi) is 15.1. The molecule has 0 aromatic carbocycles. The lowest BCUT2D eigenvalue weighted by molar-refractivity contribution is 0.206. The molecule has 0 amide bonds. The Hall–Kier alpha value is -0.990. The van der Waals surface area contributed by atoms with Crippen LogP contribution in [0.15, 0.2) is 18.3 Å². The Balaban J connectivity index is 2.16. The first kappa shape index (κ1) is 30.0. The van der Waals surface area contributed by atoms with Crippen LogP contribution in [-0.2, 0) is 14.6 Å². The Bertz CT molecular complexity index is 800. The minimum absolute atomic E-state index is 0.104. The van der Waals surface area contributed by atoms with E-state index in [4.69, 9.17) is 0 Å². The molecule has 0 saturated heterocycles. The predicted octanol–water partition coefficient (Wildman–Crippen LogP) is 5.86. The van der Waals surface area contributed by atoms with Gasteiger partial charge in [0.15, 0.2) is 5.85 Å². The average Bonchev–Trinajstić information content (AvgIpc) is 2.75. The normalized spacial score (nSPS) is 13.2. The summed E-state index contributed by atoms with van der Waals surface area (Å²) in [6.07, 6.45) is 19.1. The molecule has 0 spiro atoms. The smallest absolute Gasteiger partial charge is 0.358 e. The minimum atomic E-state index is -4.84. The zero-order valence-corrected chi connectivity index (χ0v) is 21.7. The van der Waals surface area contributed by atoms with Gasteiger partial charge in [-0.05, 0) is 12.5 Å². The summed E-state index contributed by atoms with van der Waals surface area (Å²) in [6.45, 7) is 2.24. The van der Waals surface area contributed by atoms with Crippen LogP contribution in [0.2, 0.25) is 0 Å². The van der Waals surface area contributed by atoms with Crippen molar-refractivity contribution in [3.05, 3.63) is 23.9 Å². The molecule has 33 heavy (non-hydrogen) atoms. The second-order valence-electron chi connectivity index (χ2n) is 8.77. The van der Waals surface area contributed by atoms with Gasteiger partial charge in [-0.3, -0.25) is 9.29 Å². The largest absolute Gasteiger partial charge is 0.376 e. The number of aliphatic hydroxyl groups is 1. The van der Waals surface area contributed by atoms with Crippen LogP contribution in [0.3, 0.4) is 0 Å². The van der Waals surface area contributed by atoms with Crippen molar-refractivity contribution in [3.63, 3.8) is 0 Å². The van der Waals surface area contributed by atoms with Gasteiger partial charge in [0.2, 0.25) is 10.0 Å². The Morgan fingerprint density at radius 2 is 1.33 bits per heavy atom. The fourth-order valence-corrected chi connectivity index (χ4v) is 5.48. The molecule has 0 aliphatic rings. The van der Waals surface area contributed by atoms with Crippen LogP contribution in [-0.4, -0.2) is 34.0 Å². The van der Waals surface area contributed by atoms with Crippen molar-refractivity contribution in [2.75, 3.05) is 10.5 Å². The fraction of sp³-hybridized carbons (Fsp3) is 0.783. The molecule has 1 atom stereocenters.